The monoisotopic (exact) mass is 703 g/mol. The van der Waals surface area contributed by atoms with Crippen LogP contribution in [0.4, 0.5) is 20.7 Å². The van der Waals surface area contributed by atoms with Crippen molar-refractivity contribution in [1.29, 1.82) is 0 Å². The summed E-state index contributed by atoms with van der Waals surface area (Å²) < 4.78 is 34.3. The molecular weight excluding hydrogens is 665 g/mol. The number of nitrogens with two attached hydrogens (primary N) is 1. The SMILES string of the molecule is C=C(C)C(=O)Nc1ccc(-c2c(-c3ccc(Oc4nccc(C)n4)c(F)c3)c3c(N)ncc(C#CC4(NC(=O)OC(C)(C)C)COC4)c3n2C)cc1. The summed E-state index contributed by atoms with van der Waals surface area (Å²) in [5, 5.41) is 6.20. The summed E-state index contributed by atoms with van der Waals surface area (Å²) in [5.41, 5.74) is 10.2. The molecule has 1 aliphatic heterocycles. The summed E-state index contributed by atoms with van der Waals surface area (Å²) in [6, 6.07) is 13.5. The standard InChI is InChI=1S/C39H38FN7O5/c1-22(2)35(48)45-27-11-8-24(9-12-27)32-30(25-10-13-29(28(40)18-25)51-36-42-17-15-23(3)44-36)31-33(47(32)7)26(19-43-34(31)41)14-16-39(20-50-21-39)46-37(49)52-38(4,5)6/h8-13,15,17-19H,1,20-21H2,2-7H3,(H2,41,43)(H,45,48)(H,46,49). The second-order valence-corrected chi connectivity index (χ2v) is 13.6. The molecule has 1 aliphatic rings. The number of nitrogen functional groups attached to an aromatic ring is 1. The fourth-order valence-electron chi connectivity index (χ4n) is 5.65. The normalized spacial score (nSPS) is 13.4. The highest BCUT2D eigenvalue weighted by atomic mass is 19.1. The quantitative estimate of drug-likeness (QED) is 0.124. The smallest absolute Gasteiger partial charge is 0.409 e. The van der Waals surface area contributed by atoms with Gasteiger partial charge in [-0.15, -0.1) is 0 Å². The highest BCUT2D eigenvalue weighted by Crippen LogP contribution is 2.44. The lowest BCUT2D eigenvalue weighted by Gasteiger charge is -2.37. The predicted molar refractivity (Wildman–Crippen MR) is 196 cm³/mol. The zero-order valence-electron chi connectivity index (χ0n) is 29.7. The number of pyridine rings is 1. The van der Waals surface area contributed by atoms with Crippen molar-refractivity contribution in [2.24, 2.45) is 7.05 Å². The molecule has 0 atom stereocenters. The molecule has 0 radical (unpaired) electrons. The molecule has 4 heterocycles. The van der Waals surface area contributed by atoms with Gasteiger partial charge >= 0.3 is 12.1 Å². The van der Waals surface area contributed by atoms with Crippen molar-refractivity contribution >= 4 is 34.4 Å². The fourth-order valence-corrected chi connectivity index (χ4v) is 5.65. The number of ether oxygens (including phenoxy) is 3. The zero-order chi connectivity index (χ0) is 37.4. The largest absolute Gasteiger partial charge is 0.444 e. The molecule has 1 fully saturated rings. The van der Waals surface area contributed by atoms with Gasteiger partial charge in [0, 0.05) is 42.0 Å². The molecular formula is C39H38FN7O5. The second kappa shape index (κ2) is 13.8. The van der Waals surface area contributed by atoms with Crippen molar-refractivity contribution in [1.82, 2.24) is 24.8 Å². The predicted octanol–water partition coefficient (Wildman–Crippen LogP) is 6.68. The van der Waals surface area contributed by atoms with E-state index in [0.29, 0.717) is 50.2 Å². The summed E-state index contributed by atoms with van der Waals surface area (Å²) in [7, 11) is 1.85. The van der Waals surface area contributed by atoms with Gasteiger partial charge in [0.2, 0.25) is 0 Å². The number of hydrogen-bond donors (Lipinski definition) is 3. The van der Waals surface area contributed by atoms with Crippen molar-refractivity contribution in [3.8, 4) is 46.0 Å². The lowest BCUT2D eigenvalue weighted by Crippen LogP contribution is -2.61. The number of rotatable bonds is 7. The Morgan fingerprint density at radius 1 is 1.10 bits per heavy atom. The van der Waals surface area contributed by atoms with E-state index in [-0.39, 0.29) is 36.7 Å². The molecule has 6 rings (SSSR count). The number of aromatic nitrogens is 4. The zero-order valence-corrected chi connectivity index (χ0v) is 29.7. The van der Waals surface area contributed by atoms with Crippen LogP contribution < -0.4 is 21.1 Å². The van der Waals surface area contributed by atoms with Crippen LogP contribution in [0, 0.1) is 24.6 Å². The third-order valence-corrected chi connectivity index (χ3v) is 8.11. The first kappa shape index (κ1) is 35.6. The summed E-state index contributed by atoms with van der Waals surface area (Å²) in [4.78, 5) is 37.7. The van der Waals surface area contributed by atoms with E-state index < -0.39 is 23.1 Å². The Kier molecular flexibility index (Phi) is 9.44. The maximum Gasteiger partial charge on any atom is 0.409 e. The van der Waals surface area contributed by atoms with Gasteiger partial charge in [-0.1, -0.05) is 36.6 Å². The van der Waals surface area contributed by atoms with Gasteiger partial charge in [0.1, 0.15) is 11.4 Å². The van der Waals surface area contributed by atoms with E-state index >= 15 is 4.39 Å². The Balaban J connectivity index is 1.49. The minimum atomic E-state index is -0.975. The summed E-state index contributed by atoms with van der Waals surface area (Å²) in [6.45, 7) is 12.8. The van der Waals surface area contributed by atoms with E-state index in [1.54, 1.807) is 65.1 Å². The number of alkyl carbamates (subject to hydrolysis) is 1. The molecule has 52 heavy (non-hydrogen) atoms. The maximum absolute atomic E-state index is 15.8. The highest BCUT2D eigenvalue weighted by molar-refractivity contribution is 6.11. The Bertz CT molecular complexity index is 2290. The Hall–Kier alpha value is -6.26. The number of halogens is 1. The van der Waals surface area contributed by atoms with Crippen molar-refractivity contribution in [2.45, 2.75) is 45.8 Å². The van der Waals surface area contributed by atoms with Crippen molar-refractivity contribution < 1.29 is 28.2 Å². The molecule has 0 aliphatic carbocycles. The molecule has 0 saturated carbocycles. The van der Waals surface area contributed by atoms with Crippen LogP contribution in [0.25, 0.3) is 33.3 Å². The van der Waals surface area contributed by atoms with Crippen molar-refractivity contribution in [3.63, 3.8) is 0 Å². The van der Waals surface area contributed by atoms with Crippen LogP contribution in [-0.4, -0.2) is 55.9 Å². The van der Waals surface area contributed by atoms with Gasteiger partial charge in [-0.2, -0.15) is 0 Å². The van der Waals surface area contributed by atoms with Gasteiger partial charge in [0.05, 0.1) is 35.4 Å². The number of fused-ring (bicyclic) bond motifs is 1. The first-order valence-corrected chi connectivity index (χ1v) is 16.4. The van der Waals surface area contributed by atoms with E-state index in [2.05, 4.69) is 44.0 Å². The number of benzene rings is 2. The van der Waals surface area contributed by atoms with Crippen LogP contribution in [0.15, 0.2) is 73.1 Å². The van der Waals surface area contributed by atoms with Crippen molar-refractivity contribution in [3.05, 3.63) is 90.2 Å². The van der Waals surface area contributed by atoms with Crippen molar-refractivity contribution in [2.75, 3.05) is 24.3 Å². The lowest BCUT2D eigenvalue weighted by molar-refractivity contribution is -0.112. The molecule has 0 spiro atoms. The average molecular weight is 704 g/mol. The fraction of sp³-hybridized carbons (Fsp3) is 0.256. The number of nitrogens with one attached hydrogen (secondary N) is 2. The molecule has 2 aromatic carbocycles. The number of aryl methyl sites for hydroxylation is 2. The Morgan fingerprint density at radius 2 is 1.81 bits per heavy atom. The number of carbonyl (C=O) groups excluding carboxylic acids is 2. The number of anilines is 2. The summed E-state index contributed by atoms with van der Waals surface area (Å²) in [6.07, 6.45) is 2.49. The summed E-state index contributed by atoms with van der Waals surface area (Å²) in [5.74, 6) is 5.57. The van der Waals surface area contributed by atoms with Crippen LogP contribution >= 0.6 is 0 Å². The van der Waals surface area contributed by atoms with Gasteiger partial charge in [0.25, 0.3) is 5.91 Å². The number of amides is 2. The molecule has 5 aromatic rings. The van der Waals surface area contributed by atoms with Crippen LogP contribution in [-0.2, 0) is 21.3 Å². The van der Waals surface area contributed by atoms with Gasteiger partial charge in [-0.05, 0) is 76.1 Å². The van der Waals surface area contributed by atoms with Gasteiger partial charge in [0.15, 0.2) is 17.1 Å². The van der Waals surface area contributed by atoms with Gasteiger partial charge < -0.3 is 35.1 Å². The van der Waals surface area contributed by atoms with Gasteiger partial charge in [-0.3, -0.25) is 4.79 Å². The van der Waals surface area contributed by atoms with Crippen LogP contribution in [0.2, 0.25) is 0 Å². The van der Waals surface area contributed by atoms with Gasteiger partial charge in [-0.25, -0.2) is 24.1 Å². The van der Waals surface area contributed by atoms with E-state index in [9.17, 15) is 9.59 Å². The van der Waals surface area contributed by atoms with E-state index in [1.807, 2.05) is 23.7 Å². The molecule has 0 bridgehead atoms. The molecule has 12 nitrogen and oxygen atoms in total. The van der Waals surface area contributed by atoms with E-state index in [4.69, 9.17) is 19.9 Å². The molecule has 266 valence electrons. The number of carbonyl (C=O) groups is 2. The topological polar surface area (TPSA) is 156 Å². The maximum atomic E-state index is 15.8. The average Bonchev–Trinajstić information content (AvgIpc) is 3.37. The molecule has 1 saturated heterocycles. The molecule has 4 N–H and O–H groups in total. The minimum absolute atomic E-state index is 0.0174. The Labute approximate surface area is 300 Å². The van der Waals surface area contributed by atoms with Crippen LogP contribution in [0.3, 0.4) is 0 Å². The first-order valence-electron chi connectivity index (χ1n) is 16.4. The van der Waals surface area contributed by atoms with Crippen LogP contribution in [0.5, 0.6) is 11.8 Å². The number of hydrogen-bond acceptors (Lipinski definition) is 9. The third kappa shape index (κ3) is 7.42. The van der Waals surface area contributed by atoms with E-state index in [1.165, 1.54) is 18.3 Å². The Morgan fingerprint density at radius 3 is 2.42 bits per heavy atom. The van der Waals surface area contributed by atoms with E-state index in [0.717, 1.165) is 5.56 Å². The number of nitrogens with zero attached hydrogens (tertiary/aromatic N) is 4. The first-order chi connectivity index (χ1) is 24.6. The molecule has 0 unspecified atom stereocenters. The highest BCUT2D eigenvalue weighted by Gasteiger charge is 2.40. The summed E-state index contributed by atoms with van der Waals surface area (Å²) >= 11 is 0. The third-order valence-electron chi connectivity index (χ3n) is 8.11. The molecule has 13 heteroatoms. The van der Waals surface area contributed by atoms with Crippen LogP contribution in [0.1, 0.15) is 39.0 Å². The minimum Gasteiger partial charge on any atom is -0.444 e. The molecule has 2 amide bonds. The molecule has 3 aromatic heterocycles. The second-order valence-electron chi connectivity index (χ2n) is 13.6. The lowest BCUT2D eigenvalue weighted by atomic mass is 9.96.